The Hall–Kier alpha value is -1.03. The second-order valence-electron chi connectivity index (χ2n) is 3.80. The number of ether oxygens (including phenoxy) is 2. The van der Waals surface area contributed by atoms with Crippen molar-refractivity contribution >= 4 is 11.6 Å². The van der Waals surface area contributed by atoms with Crippen molar-refractivity contribution < 1.29 is 9.47 Å². The molecule has 5 heteroatoms. The summed E-state index contributed by atoms with van der Waals surface area (Å²) in [6, 6.07) is 0.240. The lowest BCUT2D eigenvalue weighted by molar-refractivity contribution is 0.348. The van der Waals surface area contributed by atoms with Crippen molar-refractivity contribution in [2.75, 3.05) is 14.2 Å². The van der Waals surface area contributed by atoms with Gasteiger partial charge in [-0.15, -0.1) is 0 Å². The summed E-state index contributed by atoms with van der Waals surface area (Å²) in [5, 5.41) is 0.421. The van der Waals surface area contributed by atoms with E-state index in [2.05, 4.69) is 16.9 Å². The van der Waals surface area contributed by atoms with Gasteiger partial charge in [0.05, 0.1) is 19.8 Å². The summed E-state index contributed by atoms with van der Waals surface area (Å²) >= 11 is 6.09. The molecule has 0 unspecified atom stereocenters. The van der Waals surface area contributed by atoms with Gasteiger partial charge in [-0.2, -0.15) is 9.97 Å². The van der Waals surface area contributed by atoms with Gasteiger partial charge in [-0.05, 0) is 12.8 Å². The van der Waals surface area contributed by atoms with Crippen LogP contribution in [-0.2, 0) is 6.42 Å². The molecular formula is C12H19ClN2O2. The molecule has 0 aromatic carbocycles. The maximum Gasteiger partial charge on any atom is 0.320 e. The maximum absolute atomic E-state index is 6.09. The highest BCUT2D eigenvalue weighted by Crippen LogP contribution is 2.27. The molecule has 0 amide bonds. The number of unbranched alkanes of at least 4 members (excludes halogenated alkanes) is 3. The zero-order valence-electron chi connectivity index (χ0n) is 10.6. The third-order valence-corrected chi connectivity index (χ3v) is 2.87. The number of hydrogen-bond acceptors (Lipinski definition) is 4. The Balaban J connectivity index is 2.75. The van der Waals surface area contributed by atoms with E-state index >= 15 is 0 Å². The summed E-state index contributed by atoms with van der Waals surface area (Å²) in [4.78, 5) is 8.18. The number of methoxy groups -OCH3 is 2. The molecule has 0 aliphatic heterocycles. The number of halogens is 1. The van der Waals surface area contributed by atoms with Crippen LogP contribution < -0.4 is 9.47 Å². The fraction of sp³-hybridized carbons (Fsp3) is 0.667. The van der Waals surface area contributed by atoms with Crippen LogP contribution in [0.3, 0.4) is 0 Å². The van der Waals surface area contributed by atoms with E-state index in [0.29, 0.717) is 11.0 Å². The highest BCUT2D eigenvalue weighted by atomic mass is 35.5. The van der Waals surface area contributed by atoms with Crippen LogP contribution in [0.5, 0.6) is 11.9 Å². The highest BCUT2D eigenvalue weighted by molar-refractivity contribution is 6.30. The van der Waals surface area contributed by atoms with Crippen LogP contribution in [0.2, 0.25) is 5.15 Å². The van der Waals surface area contributed by atoms with Crippen LogP contribution >= 0.6 is 11.6 Å². The fourth-order valence-electron chi connectivity index (χ4n) is 1.62. The van der Waals surface area contributed by atoms with Crippen LogP contribution in [0.1, 0.15) is 38.2 Å². The molecule has 96 valence electrons. The zero-order valence-corrected chi connectivity index (χ0v) is 11.4. The topological polar surface area (TPSA) is 44.2 Å². The van der Waals surface area contributed by atoms with Crippen molar-refractivity contribution in [1.29, 1.82) is 0 Å². The van der Waals surface area contributed by atoms with Crippen molar-refractivity contribution in [3.05, 3.63) is 10.7 Å². The van der Waals surface area contributed by atoms with Gasteiger partial charge in [0, 0.05) is 0 Å². The average molecular weight is 259 g/mol. The minimum atomic E-state index is 0.240. The lowest BCUT2D eigenvalue weighted by Crippen LogP contribution is -2.02. The van der Waals surface area contributed by atoms with Crippen LogP contribution in [0, 0.1) is 0 Å². The molecule has 0 radical (unpaired) electrons. The Morgan fingerprint density at radius 1 is 1.06 bits per heavy atom. The molecule has 0 aliphatic rings. The molecule has 0 saturated carbocycles. The Labute approximate surface area is 107 Å². The second-order valence-corrected chi connectivity index (χ2v) is 4.16. The van der Waals surface area contributed by atoms with Gasteiger partial charge in [0.25, 0.3) is 0 Å². The van der Waals surface area contributed by atoms with Crippen LogP contribution in [-0.4, -0.2) is 24.2 Å². The third kappa shape index (κ3) is 4.04. The molecule has 0 atom stereocenters. The van der Waals surface area contributed by atoms with E-state index in [1.807, 2.05) is 0 Å². The molecule has 4 nitrogen and oxygen atoms in total. The lowest BCUT2D eigenvalue weighted by Gasteiger charge is -2.10. The monoisotopic (exact) mass is 258 g/mol. The third-order valence-electron chi connectivity index (χ3n) is 2.55. The molecule has 0 saturated heterocycles. The van der Waals surface area contributed by atoms with Crippen LogP contribution in [0.25, 0.3) is 0 Å². The van der Waals surface area contributed by atoms with E-state index in [1.54, 1.807) is 7.11 Å². The van der Waals surface area contributed by atoms with E-state index in [1.165, 1.54) is 26.4 Å². The van der Waals surface area contributed by atoms with Gasteiger partial charge in [-0.3, -0.25) is 0 Å². The van der Waals surface area contributed by atoms with E-state index < -0.39 is 0 Å². The Bertz CT molecular complexity index is 359. The van der Waals surface area contributed by atoms with Crippen LogP contribution in [0.15, 0.2) is 0 Å². The number of hydrogen-bond donors (Lipinski definition) is 0. The maximum atomic E-state index is 6.09. The second kappa shape index (κ2) is 7.33. The molecule has 0 aliphatic carbocycles. The predicted octanol–water partition coefficient (Wildman–Crippen LogP) is 3.27. The normalized spacial score (nSPS) is 10.4. The predicted molar refractivity (Wildman–Crippen MR) is 68.0 cm³/mol. The summed E-state index contributed by atoms with van der Waals surface area (Å²) in [5.74, 6) is 0.512. The van der Waals surface area contributed by atoms with Gasteiger partial charge in [0.2, 0.25) is 5.88 Å². The smallest absolute Gasteiger partial charge is 0.320 e. The number of aromatic nitrogens is 2. The molecule has 0 N–H and O–H groups in total. The van der Waals surface area contributed by atoms with E-state index in [-0.39, 0.29) is 6.01 Å². The molecule has 17 heavy (non-hydrogen) atoms. The van der Waals surface area contributed by atoms with Gasteiger partial charge < -0.3 is 9.47 Å². The molecule has 0 fully saturated rings. The summed E-state index contributed by atoms with van der Waals surface area (Å²) < 4.78 is 10.2. The minimum absolute atomic E-state index is 0.240. The number of rotatable bonds is 7. The van der Waals surface area contributed by atoms with E-state index in [9.17, 15) is 0 Å². The van der Waals surface area contributed by atoms with Crippen molar-refractivity contribution in [3.8, 4) is 11.9 Å². The summed E-state index contributed by atoms with van der Waals surface area (Å²) in [6.45, 7) is 2.18. The van der Waals surface area contributed by atoms with Crippen molar-refractivity contribution in [1.82, 2.24) is 9.97 Å². The van der Waals surface area contributed by atoms with E-state index in [0.717, 1.165) is 18.4 Å². The molecule has 1 aromatic rings. The Morgan fingerprint density at radius 2 is 1.82 bits per heavy atom. The first-order valence-electron chi connectivity index (χ1n) is 5.87. The summed E-state index contributed by atoms with van der Waals surface area (Å²) in [6.07, 6.45) is 5.54. The molecule has 0 spiro atoms. The summed E-state index contributed by atoms with van der Waals surface area (Å²) in [5.41, 5.74) is 0.867. The highest BCUT2D eigenvalue weighted by Gasteiger charge is 2.13. The quantitative estimate of drug-likeness (QED) is 0.556. The van der Waals surface area contributed by atoms with E-state index in [4.69, 9.17) is 21.1 Å². The SMILES string of the molecule is CCCCCCc1c(Cl)nc(OC)nc1OC. The standard InChI is InChI=1S/C12H19ClN2O2/c1-4-5-6-7-8-9-10(13)14-12(17-3)15-11(9)16-2/h4-8H2,1-3H3. The molecule has 1 rings (SSSR count). The first-order chi connectivity index (χ1) is 8.22. The Kier molecular flexibility index (Phi) is 6.05. The molecule has 1 heterocycles. The van der Waals surface area contributed by atoms with Gasteiger partial charge >= 0.3 is 6.01 Å². The lowest BCUT2D eigenvalue weighted by atomic mass is 10.1. The largest absolute Gasteiger partial charge is 0.481 e. The summed E-state index contributed by atoms with van der Waals surface area (Å²) in [7, 11) is 3.08. The Morgan fingerprint density at radius 3 is 2.41 bits per heavy atom. The number of nitrogens with zero attached hydrogens (tertiary/aromatic N) is 2. The van der Waals surface area contributed by atoms with Crippen molar-refractivity contribution in [3.63, 3.8) is 0 Å². The molecule has 0 bridgehead atoms. The van der Waals surface area contributed by atoms with Gasteiger partial charge in [-0.1, -0.05) is 37.8 Å². The minimum Gasteiger partial charge on any atom is -0.481 e. The first kappa shape index (κ1) is 14.0. The van der Waals surface area contributed by atoms with Gasteiger partial charge in [0.15, 0.2) is 0 Å². The molecule has 1 aromatic heterocycles. The van der Waals surface area contributed by atoms with Gasteiger partial charge in [-0.25, -0.2) is 0 Å². The first-order valence-corrected chi connectivity index (χ1v) is 6.25. The zero-order chi connectivity index (χ0) is 12.7. The average Bonchev–Trinajstić information content (AvgIpc) is 2.35. The molecular weight excluding hydrogens is 240 g/mol. The van der Waals surface area contributed by atoms with Crippen LogP contribution in [0.4, 0.5) is 0 Å². The van der Waals surface area contributed by atoms with Gasteiger partial charge in [0.1, 0.15) is 5.15 Å². The fourth-order valence-corrected chi connectivity index (χ4v) is 1.87. The van der Waals surface area contributed by atoms with Crippen molar-refractivity contribution in [2.24, 2.45) is 0 Å². The van der Waals surface area contributed by atoms with Crippen molar-refractivity contribution in [2.45, 2.75) is 39.0 Å².